The second kappa shape index (κ2) is 9.29. The van der Waals surface area contributed by atoms with E-state index in [2.05, 4.69) is 15.2 Å². The number of nitrogens with zero attached hydrogens (tertiary/aromatic N) is 3. The first-order chi connectivity index (χ1) is 13.8. The summed E-state index contributed by atoms with van der Waals surface area (Å²) in [4.78, 5) is 4.60. The van der Waals surface area contributed by atoms with Crippen molar-refractivity contribution in [2.24, 2.45) is 0 Å². The summed E-state index contributed by atoms with van der Waals surface area (Å²) < 4.78 is 36.4. The molecule has 1 aromatic carbocycles. The number of aromatic nitrogens is 3. The van der Waals surface area contributed by atoms with Crippen molar-refractivity contribution >= 4 is 33.9 Å². The fourth-order valence-corrected chi connectivity index (χ4v) is 3.84. The van der Waals surface area contributed by atoms with Gasteiger partial charge in [0.25, 0.3) is 0 Å². The molecule has 0 saturated heterocycles. The number of hydrogen-bond donors (Lipinski definition) is 1. The maximum atomic E-state index is 12.0. The summed E-state index contributed by atoms with van der Waals surface area (Å²) in [5.74, 6) is 3.50. The van der Waals surface area contributed by atoms with Crippen molar-refractivity contribution in [3.63, 3.8) is 0 Å². The van der Waals surface area contributed by atoms with E-state index in [1.165, 1.54) is 42.3 Å². The monoisotopic (exact) mass is 434 g/mol. The molecule has 0 radical (unpaired) electrons. The normalized spacial score (nSPS) is 12.1. The van der Waals surface area contributed by atoms with Crippen LogP contribution in [0, 0.1) is 6.92 Å². The van der Waals surface area contributed by atoms with Crippen LogP contribution in [0.1, 0.15) is 17.3 Å². The topological polar surface area (TPSA) is 101 Å². The summed E-state index contributed by atoms with van der Waals surface area (Å²) in [6, 6.07) is 10.1. The van der Waals surface area contributed by atoms with Crippen LogP contribution >= 0.6 is 11.8 Å². The van der Waals surface area contributed by atoms with Crippen LogP contribution in [0.25, 0.3) is 12.2 Å². The maximum Gasteiger partial charge on any atom is 0.242 e. The summed E-state index contributed by atoms with van der Waals surface area (Å²) in [7, 11) is -0.433. The lowest BCUT2D eigenvalue weighted by Gasteiger charge is -2.12. The molecule has 0 saturated carbocycles. The highest BCUT2D eigenvalue weighted by Crippen LogP contribution is 2.19. The Labute approximate surface area is 174 Å². The van der Waals surface area contributed by atoms with Gasteiger partial charge in [0.15, 0.2) is 0 Å². The molecule has 0 aliphatic rings. The van der Waals surface area contributed by atoms with Crippen LogP contribution in [-0.4, -0.2) is 54.4 Å². The molecule has 0 amide bonds. The summed E-state index contributed by atoms with van der Waals surface area (Å²) in [6.45, 7) is 2.33. The minimum absolute atomic E-state index is 0.232. The first-order valence-corrected chi connectivity index (χ1v) is 11.2. The van der Waals surface area contributed by atoms with Crippen molar-refractivity contribution in [1.29, 1.82) is 0 Å². The molecule has 1 N–H and O–H groups in total. The maximum absolute atomic E-state index is 12.0. The molecule has 29 heavy (non-hydrogen) atoms. The molecule has 0 aliphatic heterocycles. The third-order valence-corrected chi connectivity index (χ3v) is 6.48. The van der Waals surface area contributed by atoms with Crippen LogP contribution in [0.4, 0.5) is 0 Å². The lowest BCUT2D eigenvalue weighted by Crippen LogP contribution is -2.22. The zero-order valence-corrected chi connectivity index (χ0v) is 18.0. The van der Waals surface area contributed by atoms with Crippen molar-refractivity contribution < 1.29 is 17.6 Å². The van der Waals surface area contributed by atoms with E-state index in [-0.39, 0.29) is 4.90 Å². The Morgan fingerprint density at radius 2 is 1.93 bits per heavy atom. The molecule has 0 spiro atoms. The van der Waals surface area contributed by atoms with E-state index < -0.39 is 10.0 Å². The second-order valence-corrected chi connectivity index (χ2v) is 9.45. The molecule has 154 valence electrons. The highest BCUT2D eigenvalue weighted by molar-refractivity contribution is 7.99. The molecule has 8 nitrogen and oxygen atoms in total. The molecule has 0 aliphatic carbocycles. The smallest absolute Gasteiger partial charge is 0.242 e. The van der Waals surface area contributed by atoms with Gasteiger partial charge in [0.2, 0.25) is 15.2 Å². The summed E-state index contributed by atoms with van der Waals surface area (Å²) >= 11 is 1.46. The predicted molar refractivity (Wildman–Crippen MR) is 112 cm³/mol. The fourth-order valence-electron chi connectivity index (χ4n) is 2.31. The molecule has 2 aromatic heterocycles. The molecule has 3 rings (SSSR count). The van der Waals surface area contributed by atoms with Gasteiger partial charge in [0.1, 0.15) is 23.1 Å². The Bertz CT molecular complexity index is 1070. The number of hydrogen-bond acceptors (Lipinski definition) is 7. The lowest BCUT2D eigenvalue weighted by molar-refractivity contribution is 0.343. The molecule has 0 unspecified atom stereocenters. The fraction of sp³-hybridized carbons (Fsp3) is 0.263. The standard InChI is InChI=1S/C19H22N4O4S2/c1-14-4-5-16(27-14)8-11-18-20-19(22-21-18)28-13-12-26-15-6-9-17(10-7-15)29(24,25)23(2)3/h4-11H,12-13H2,1-3H3,(H,20,21,22)/b11-8+. The third kappa shape index (κ3) is 5.72. The highest BCUT2D eigenvalue weighted by atomic mass is 32.2. The van der Waals surface area contributed by atoms with Gasteiger partial charge in [-0.2, -0.15) is 0 Å². The van der Waals surface area contributed by atoms with Gasteiger partial charge in [-0.1, -0.05) is 11.8 Å². The number of nitrogens with one attached hydrogen (secondary N) is 1. The minimum atomic E-state index is -3.43. The molecule has 2 heterocycles. The van der Waals surface area contributed by atoms with Crippen molar-refractivity contribution in [2.75, 3.05) is 26.5 Å². The van der Waals surface area contributed by atoms with Crippen molar-refractivity contribution in [3.8, 4) is 5.75 Å². The van der Waals surface area contributed by atoms with Gasteiger partial charge in [-0.3, -0.25) is 5.10 Å². The van der Waals surface area contributed by atoms with Crippen molar-refractivity contribution in [1.82, 2.24) is 19.5 Å². The molecule has 0 fully saturated rings. The van der Waals surface area contributed by atoms with E-state index >= 15 is 0 Å². The molecule has 0 atom stereocenters. The van der Waals surface area contributed by atoms with E-state index in [1.54, 1.807) is 18.2 Å². The van der Waals surface area contributed by atoms with Crippen molar-refractivity contribution in [2.45, 2.75) is 17.0 Å². The van der Waals surface area contributed by atoms with Crippen LogP contribution in [0.5, 0.6) is 5.75 Å². The number of ether oxygens (including phenoxy) is 1. The van der Waals surface area contributed by atoms with Crippen LogP contribution < -0.4 is 4.74 Å². The Hall–Kier alpha value is -2.56. The third-order valence-electron chi connectivity index (χ3n) is 3.83. The Morgan fingerprint density at radius 3 is 2.59 bits per heavy atom. The Morgan fingerprint density at radius 1 is 1.17 bits per heavy atom. The van der Waals surface area contributed by atoms with E-state index in [1.807, 2.05) is 25.1 Å². The zero-order chi connectivity index (χ0) is 20.9. The summed E-state index contributed by atoms with van der Waals surface area (Å²) in [5.41, 5.74) is 0. The van der Waals surface area contributed by atoms with Crippen LogP contribution in [0.2, 0.25) is 0 Å². The quantitative estimate of drug-likeness (QED) is 0.407. The Kier molecular flexibility index (Phi) is 6.78. The number of H-pyrrole nitrogens is 1. The largest absolute Gasteiger partial charge is 0.493 e. The van der Waals surface area contributed by atoms with Crippen LogP contribution in [-0.2, 0) is 10.0 Å². The second-order valence-electron chi connectivity index (χ2n) is 6.24. The zero-order valence-electron chi connectivity index (χ0n) is 16.3. The molecule has 0 bridgehead atoms. The summed E-state index contributed by atoms with van der Waals surface area (Å²) in [6.07, 6.45) is 3.63. The average molecular weight is 435 g/mol. The number of thioether (sulfide) groups is 1. The molecule has 10 heteroatoms. The van der Waals surface area contributed by atoms with E-state index in [4.69, 9.17) is 9.15 Å². The Balaban J connectivity index is 1.45. The van der Waals surface area contributed by atoms with Gasteiger partial charge in [0.05, 0.1) is 11.5 Å². The number of rotatable bonds is 9. The number of sulfonamides is 1. The number of benzene rings is 1. The van der Waals surface area contributed by atoms with E-state index in [0.717, 1.165) is 11.5 Å². The summed E-state index contributed by atoms with van der Waals surface area (Å²) in [5, 5.41) is 7.63. The van der Waals surface area contributed by atoms with Crippen LogP contribution in [0.15, 0.2) is 50.9 Å². The van der Waals surface area contributed by atoms with E-state index in [9.17, 15) is 8.42 Å². The predicted octanol–water partition coefficient (Wildman–Crippen LogP) is 3.30. The van der Waals surface area contributed by atoms with Gasteiger partial charge in [-0.15, -0.1) is 5.10 Å². The first kappa shape index (κ1) is 21.2. The SMILES string of the molecule is Cc1ccc(/C=C/c2nc(SCCOc3ccc(S(=O)(=O)N(C)C)cc3)n[nH]2)o1. The lowest BCUT2D eigenvalue weighted by atomic mass is 10.3. The van der Waals surface area contributed by atoms with Gasteiger partial charge < -0.3 is 9.15 Å². The minimum Gasteiger partial charge on any atom is -0.493 e. The van der Waals surface area contributed by atoms with Crippen molar-refractivity contribution in [3.05, 3.63) is 53.7 Å². The van der Waals surface area contributed by atoms with Crippen LogP contribution in [0.3, 0.4) is 0 Å². The highest BCUT2D eigenvalue weighted by Gasteiger charge is 2.16. The number of aryl methyl sites for hydroxylation is 1. The first-order valence-electron chi connectivity index (χ1n) is 8.80. The van der Waals surface area contributed by atoms with Gasteiger partial charge in [-0.05, 0) is 55.5 Å². The molecule has 3 aromatic rings. The van der Waals surface area contributed by atoms with Gasteiger partial charge in [-0.25, -0.2) is 17.7 Å². The molecular formula is C19H22N4O4S2. The van der Waals surface area contributed by atoms with Gasteiger partial charge >= 0.3 is 0 Å². The molecular weight excluding hydrogens is 412 g/mol. The number of furan rings is 1. The van der Waals surface area contributed by atoms with Gasteiger partial charge in [0, 0.05) is 19.8 Å². The van der Waals surface area contributed by atoms with E-state index in [0.29, 0.717) is 29.1 Å². The number of aromatic amines is 1. The average Bonchev–Trinajstić information content (AvgIpc) is 3.32.